The summed E-state index contributed by atoms with van der Waals surface area (Å²) in [6.07, 6.45) is -2.01. The highest BCUT2D eigenvalue weighted by atomic mass is 19.4. The van der Waals surface area contributed by atoms with Crippen LogP contribution >= 0.6 is 0 Å². The molecule has 2 unspecified atom stereocenters. The lowest BCUT2D eigenvalue weighted by atomic mass is 10.0. The van der Waals surface area contributed by atoms with Crippen LogP contribution in [-0.4, -0.2) is 34.2 Å². The fourth-order valence-electron chi connectivity index (χ4n) is 3.20. The Morgan fingerprint density at radius 3 is 2.71 bits per heavy atom. The third kappa shape index (κ3) is 3.94. The van der Waals surface area contributed by atoms with Crippen molar-refractivity contribution < 1.29 is 18.3 Å². The van der Waals surface area contributed by atoms with Gasteiger partial charge in [-0.25, -0.2) is 0 Å². The van der Waals surface area contributed by atoms with Gasteiger partial charge in [-0.2, -0.15) is 13.2 Å². The molecule has 2 atom stereocenters. The number of nitrogens with zero attached hydrogens (tertiary/aromatic N) is 2. The predicted molar refractivity (Wildman–Crippen MR) is 84.3 cm³/mol. The molecule has 3 nitrogen and oxygen atoms in total. The molecule has 2 heterocycles. The van der Waals surface area contributed by atoms with Gasteiger partial charge in [0.1, 0.15) is 0 Å². The second-order valence-electron chi connectivity index (χ2n) is 6.09. The molecular weight excluding hydrogens is 317 g/mol. The summed E-state index contributed by atoms with van der Waals surface area (Å²) in [5, 5.41) is 9.98. The van der Waals surface area contributed by atoms with Gasteiger partial charge >= 0.3 is 6.18 Å². The van der Waals surface area contributed by atoms with E-state index < -0.39 is 17.8 Å². The van der Waals surface area contributed by atoms with Gasteiger partial charge < -0.3 is 5.11 Å². The van der Waals surface area contributed by atoms with Crippen molar-refractivity contribution in [2.24, 2.45) is 0 Å². The minimum absolute atomic E-state index is 0.203. The van der Waals surface area contributed by atoms with E-state index in [4.69, 9.17) is 0 Å². The zero-order chi connectivity index (χ0) is 17.2. The number of pyridine rings is 1. The van der Waals surface area contributed by atoms with Crippen LogP contribution in [0.2, 0.25) is 0 Å². The van der Waals surface area contributed by atoms with E-state index in [9.17, 15) is 18.3 Å². The minimum atomic E-state index is -4.36. The second-order valence-corrected chi connectivity index (χ2v) is 6.09. The molecule has 0 spiro atoms. The number of aromatic nitrogens is 1. The molecule has 128 valence electrons. The minimum Gasteiger partial charge on any atom is -0.392 e. The van der Waals surface area contributed by atoms with Gasteiger partial charge in [0.2, 0.25) is 0 Å². The van der Waals surface area contributed by atoms with Crippen LogP contribution in [-0.2, 0) is 12.6 Å². The molecule has 0 saturated carbocycles. The molecule has 1 saturated heterocycles. The maximum Gasteiger partial charge on any atom is 0.416 e. The Kier molecular flexibility index (Phi) is 4.87. The Bertz CT molecular complexity index is 675. The third-order valence-electron chi connectivity index (χ3n) is 4.36. The van der Waals surface area contributed by atoms with Gasteiger partial charge in [-0.3, -0.25) is 9.88 Å². The first-order valence-corrected chi connectivity index (χ1v) is 7.92. The molecule has 1 aromatic heterocycles. The number of likely N-dealkylation sites (tertiary alicyclic amines) is 1. The monoisotopic (exact) mass is 336 g/mol. The van der Waals surface area contributed by atoms with E-state index in [0.717, 1.165) is 11.8 Å². The van der Waals surface area contributed by atoms with Gasteiger partial charge in [0.15, 0.2) is 0 Å². The van der Waals surface area contributed by atoms with Crippen LogP contribution in [0.3, 0.4) is 0 Å². The van der Waals surface area contributed by atoms with E-state index >= 15 is 0 Å². The average Bonchev–Trinajstić information content (AvgIpc) is 2.94. The number of aliphatic hydroxyl groups excluding tert-OH is 1. The highest BCUT2D eigenvalue weighted by Gasteiger charge is 2.35. The number of β-amino-alcohol motifs (C(OH)–C–C–N with tert-alkyl or cyclic N) is 1. The Balaban J connectivity index is 1.75. The number of hydrogen-bond donors (Lipinski definition) is 1. The topological polar surface area (TPSA) is 36.4 Å². The number of alkyl halides is 3. The molecule has 1 fully saturated rings. The van der Waals surface area contributed by atoms with E-state index in [1.54, 1.807) is 12.3 Å². The molecule has 3 rings (SSSR count). The fourth-order valence-corrected chi connectivity index (χ4v) is 3.20. The number of rotatable bonds is 4. The van der Waals surface area contributed by atoms with Crippen LogP contribution in [0, 0.1) is 0 Å². The van der Waals surface area contributed by atoms with E-state index in [2.05, 4.69) is 4.98 Å². The van der Waals surface area contributed by atoms with Crippen LogP contribution in [0.25, 0.3) is 0 Å². The lowest BCUT2D eigenvalue weighted by molar-refractivity contribution is -0.137. The zero-order valence-corrected chi connectivity index (χ0v) is 13.1. The standard InChI is InChI=1S/C18H19F3N2O/c19-18(20,21)14-5-3-4-13(10-14)17-11-16(24)12-23(17)9-7-15-6-1-2-8-22-15/h1-6,8,10,16-17,24H,7,9,11-12H2. The maximum absolute atomic E-state index is 12.9. The van der Waals surface area contributed by atoms with Gasteiger partial charge in [0.25, 0.3) is 0 Å². The number of aliphatic hydroxyl groups is 1. The Morgan fingerprint density at radius 2 is 2.00 bits per heavy atom. The Labute approximate surface area is 138 Å². The molecule has 24 heavy (non-hydrogen) atoms. The molecular formula is C18H19F3N2O. The van der Waals surface area contributed by atoms with Gasteiger partial charge in [0, 0.05) is 37.4 Å². The average molecular weight is 336 g/mol. The van der Waals surface area contributed by atoms with Crippen LogP contribution in [0.1, 0.15) is 29.3 Å². The highest BCUT2D eigenvalue weighted by Crippen LogP contribution is 2.36. The molecule has 0 amide bonds. The summed E-state index contributed by atoms with van der Waals surface area (Å²) in [5.74, 6) is 0. The van der Waals surface area contributed by atoms with Crippen molar-refractivity contribution >= 4 is 0 Å². The van der Waals surface area contributed by atoms with Crippen LogP contribution in [0.5, 0.6) is 0 Å². The van der Waals surface area contributed by atoms with Gasteiger partial charge in [-0.1, -0.05) is 18.2 Å². The summed E-state index contributed by atoms with van der Waals surface area (Å²) in [7, 11) is 0. The molecule has 0 bridgehead atoms. The van der Waals surface area contributed by atoms with Crippen molar-refractivity contribution in [2.75, 3.05) is 13.1 Å². The van der Waals surface area contributed by atoms with Crippen molar-refractivity contribution in [2.45, 2.75) is 31.2 Å². The molecule has 1 N–H and O–H groups in total. The van der Waals surface area contributed by atoms with E-state index in [-0.39, 0.29) is 6.04 Å². The summed E-state index contributed by atoms with van der Waals surface area (Å²) in [5.41, 5.74) is 0.884. The zero-order valence-electron chi connectivity index (χ0n) is 13.1. The van der Waals surface area contributed by atoms with Gasteiger partial charge in [-0.05, 0) is 36.2 Å². The predicted octanol–water partition coefficient (Wildman–Crippen LogP) is 3.45. The smallest absolute Gasteiger partial charge is 0.392 e. The molecule has 6 heteroatoms. The number of benzene rings is 1. The van der Waals surface area contributed by atoms with Crippen molar-refractivity contribution in [3.05, 3.63) is 65.5 Å². The first kappa shape index (κ1) is 16.9. The van der Waals surface area contributed by atoms with Gasteiger partial charge in [-0.15, -0.1) is 0 Å². The summed E-state index contributed by atoms with van der Waals surface area (Å²) in [6.45, 7) is 1.11. The van der Waals surface area contributed by atoms with Crippen molar-refractivity contribution in [3.63, 3.8) is 0 Å². The largest absolute Gasteiger partial charge is 0.416 e. The lowest BCUT2D eigenvalue weighted by Gasteiger charge is -2.25. The van der Waals surface area contributed by atoms with Crippen LogP contribution in [0.4, 0.5) is 13.2 Å². The lowest BCUT2D eigenvalue weighted by Crippen LogP contribution is -2.27. The molecule has 1 aromatic carbocycles. The first-order chi connectivity index (χ1) is 11.4. The highest BCUT2D eigenvalue weighted by molar-refractivity contribution is 5.29. The van der Waals surface area contributed by atoms with Crippen molar-refractivity contribution in [3.8, 4) is 0 Å². The van der Waals surface area contributed by atoms with E-state index in [0.29, 0.717) is 31.5 Å². The summed E-state index contributed by atoms with van der Waals surface area (Å²) in [6, 6.07) is 10.9. The third-order valence-corrected chi connectivity index (χ3v) is 4.36. The number of halogens is 3. The quantitative estimate of drug-likeness (QED) is 0.929. The Hall–Kier alpha value is -1.92. The second kappa shape index (κ2) is 6.91. The fraction of sp³-hybridized carbons (Fsp3) is 0.389. The molecule has 0 radical (unpaired) electrons. The van der Waals surface area contributed by atoms with Crippen molar-refractivity contribution in [1.82, 2.24) is 9.88 Å². The SMILES string of the molecule is OC1CC(c2cccc(C(F)(F)F)c2)N(CCc2ccccn2)C1. The summed E-state index contributed by atoms with van der Waals surface area (Å²) < 4.78 is 38.8. The Morgan fingerprint density at radius 1 is 1.17 bits per heavy atom. The maximum atomic E-state index is 12.9. The van der Waals surface area contributed by atoms with E-state index in [1.807, 2.05) is 23.1 Å². The molecule has 2 aromatic rings. The molecule has 1 aliphatic rings. The summed E-state index contributed by atoms with van der Waals surface area (Å²) in [4.78, 5) is 6.30. The normalized spacial score (nSPS) is 22.0. The number of hydrogen-bond acceptors (Lipinski definition) is 3. The first-order valence-electron chi connectivity index (χ1n) is 7.92. The summed E-state index contributed by atoms with van der Waals surface area (Å²) >= 11 is 0. The van der Waals surface area contributed by atoms with E-state index in [1.165, 1.54) is 12.1 Å². The van der Waals surface area contributed by atoms with Crippen LogP contribution < -0.4 is 0 Å². The van der Waals surface area contributed by atoms with Crippen LogP contribution in [0.15, 0.2) is 48.7 Å². The molecule has 1 aliphatic heterocycles. The van der Waals surface area contributed by atoms with Gasteiger partial charge in [0.05, 0.1) is 11.7 Å². The van der Waals surface area contributed by atoms with Crippen molar-refractivity contribution in [1.29, 1.82) is 0 Å². The molecule has 0 aliphatic carbocycles.